The molecule has 2 aliphatic rings. The largest absolute Gasteiger partial charge is 0.735 e. The first-order valence-corrected chi connectivity index (χ1v) is 15.8. The summed E-state index contributed by atoms with van der Waals surface area (Å²) >= 11 is 0. The van der Waals surface area contributed by atoms with Crippen LogP contribution in [-0.4, -0.2) is 143 Å². The van der Waals surface area contributed by atoms with Crippen LogP contribution in [0.5, 0.6) is 0 Å². The lowest BCUT2D eigenvalue weighted by Crippen LogP contribution is -2.64. The molecule has 0 aromatic heterocycles. The highest BCUT2D eigenvalue weighted by Crippen LogP contribution is 2.33. The summed E-state index contributed by atoms with van der Waals surface area (Å²) in [7, 11) is -14.8. The zero-order chi connectivity index (χ0) is 31.3. The quantitative estimate of drug-likeness (QED) is 0.0947. The molecule has 10 atom stereocenters. The van der Waals surface area contributed by atoms with Crippen LogP contribution in [0.1, 0.15) is 13.3 Å². The van der Waals surface area contributed by atoms with E-state index in [2.05, 4.69) is 8.37 Å². The van der Waals surface area contributed by atoms with Crippen LogP contribution in [0.4, 0.5) is 0 Å². The highest BCUT2D eigenvalue weighted by Gasteiger charge is 2.50. The van der Waals surface area contributed by atoms with Crippen molar-refractivity contribution in [1.29, 1.82) is 0 Å². The van der Waals surface area contributed by atoms with E-state index < -0.39 is 124 Å². The van der Waals surface area contributed by atoms with Crippen molar-refractivity contribution in [1.82, 2.24) is 4.72 Å². The normalized spacial score (nSPS) is 35.3. The SMILES string of the molecule is CCC1C(C(=O)O)OC(COCC2C(COS(=O)(=O)[O-])OC(COC)C(NS(=O)(=O)[O-])C2O)C(OS(=O)(=O)[O-])C1O. The zero-order valence-electron chi connectivity index (χ0n) is 21.4. The minimum Gasteiger partial charge on any atom is -0.735 e. The van der Waals surface area contributed by atoms with E-state index in [-0.39, 0.29) is 6.42 Å². The van der Waals surface area contributed by atoms with Crippen molar-refractivity contribution in [2.24, 2.45) is 11.8 Å². The topological polar surface area (TPSA) is 317 Å². The van der Waals surface area contributed by atoms with Gasteiger partial charge < -0.3 is 47.9 Å². The molecule has 4 N–H and O–H groups in total. The Bertz CT molecular complexity index is 1190. The van der Waals surface area contributed by atoms with Gasteiger partial charge in [-0.1, -0.05) is 6.92 Å². The maximum absolute atomic E-state index is 11.7. The summed E-state index contributed by atoms with van der Waals surface area (Å²) in [6.07, 6.45) is -11.9. The molecule has 2 saturated heterocycles. The molecule has 0 aromatic rings. The number of hydrogen-bond donors (Lipinski definition) is 4. The fourth-order valence-electron chi connectivity index (χ4n) is 4.67. The van der Waals surface area contributed by atoms with Gasteiger partial charge in [-0.2, -0.15) is 0 Å². The van der Waals surface area contributed by atoms with E-state index in [4.69, 9.17) is 18.9 Å². The monoisotopic (exact) mass is 660 g/mol. The number of aliphatic carboxylic acids is 1. The number of nitrogens with one attached hydrogen (secondary N) is 1. The Morgan fingerprint density at radius 3 is 1.98 bits per heavy atom. The Kier molecular flexibility index (Phi) is 12.8. The molecule has 0 aromatic carbocycles. The van der Waals surface area contributed by atoms with E-state index in [9.17, 15) is 59.0 Å². The maximum Gasteiger partial charge on any atom is 0.333 e. The van der Waals surface area contributed by atoms with Crippen LogP contribution in [0.15, 0.2) is 0 Å². The van der Waals surface area contributed by atoms with Gasteiger partial charge in [-0.05, 0) is 6.42 Å². The summed E-state index contributed by atoms with van der Waals surface area (Å²) in [4.78, 5) is 11.7. The summed E-state index contributed by atoms with van der Waals surface area (Å²) in [6, 6.07) is -1.68. The molecule has 242 valence electrons. The van der Waals surface area contributed by atoms with E-state index >= 15 is 0 Å². The molecular weight excluding hydrogens is 630 g/mol. The van der Waals surface area contributed by atoms with Crippen LogP contribution in [-0.2, 0) is 63.2 Å². The van der Waals surface area contributed by atoms with Crippen molar-refractivity contribution in [2.75, 3.05) is 33.5 Å². The summed E-state index contributed by atoms with van der Waals surface area (Å²) < 4.78 is 132. The molecule has 41 heavy (non-hydrogen) atoms. The van der Waals surface area contributed by atoms with Crippen molar-refractivity contribution in [3.63, 3.8) is 0 Å². The number of aliphatic hydroxyl groups is 2. The van der Waals surface area contributed by atoms with Crippen molar-refractivity contribution in [3.8, 4) is 0 Å². The lowest BCUT2D eigenvalue weighted by atomic mass is 9.84. The van der Waals surface area contributed by atoms with E-state index in [1.54, 1.807) is 4.72 Å². The van der Waals surface area contributed by atoms with Gasteiger partial charge in [0.25, 0.3) is 0 Å². The summed E-state index contributed by atoms with van der Waals surface area (Å²) in [5.41, 5.74) is 0. The summed E-state index contributed by atoms with van der Waals surface area (Å²) in [5.74, 6) is -4.19. The molecule has 10 unspecified atom stereocenters. The number of carboxylic acids is 1. The van der Waals surface area contributed by atoms with Crippen LogP contribution in [0.25, 0.3) is 0 Å². The second-order valence-corrected chi connectivity index (χ2v) is 12.3. The molecule has 0 spiro atoms. The van der Waals surface area contributed by atoms with Gasteiger partial charge in [0.2, 0.25) is 20.8 Å². The number of ether oxygens (including phenoxy) is 4. The first-order chi connectivity index (χ1) is 18.8. The molecule has 0 amide bonds. The number of hydrogen-bond acceptors (Lipinski definition) is 18. The fourth-order valence-corrected chi connectivity index (χ4v) is 6.11. The minimum absolute atomic E-state index is 0.0277. The maximum atomic E-state index is 11.7. The van der Waals surface area contributed by atoms with E-state index in [1.807, 2.05) is 0 Å². The molecule has 2 aliphatic heterocycles. The molecule has 0 saturated carbocycles. The second-order valence-electron chi connectivity index (χ2n) is 9.12. The predicted molar refractivity (Wildman–Crippen MR) is 124 cm³/mol. The standard InChI is InChI=1S/C18H33NO19S3/c1-3-8-15(21)17(38-41(30,31)32)12(37-16(8)18(22)23)6-34-4-9-10(7-35-40(27,28)29)36-11(5-33-2)13(14(9)20)19-39(24,25)26/h8-17,19-21H,3-7H2,1-2H3,(H,22,23)(H,24,25,26)(H,27,28,29)(H,30,31,32)/p-3. The smallest absolute Gasteiger partial charge is 0.333 e. The lowest BCUT2D eigenvalue weighted by molar-refractivity contribution is -0.222. The molecule has 0 bridgehead atoms. The Labute approximate surface area is 235 Å². The highest BCUT2D eigenvalue weighted by molar-refractivity contribution is 7.83. The van der Waals surface area contributed by atoms with Gasteiger partial charge in [0.15, 0.2) is 16.4 Å². The average molecular weight is 661 g/mol. The van der Waals surface area contributed by atoms with Crippen molar-refractivity contribution in [2.45, 2.75) is 62.1 Å². The van der Waals surface area contributed by atoms with Crippen LogP contribution in [0, 0.1) is 11.8 Å². The van der Waals surface area contributed by atoms with Crippen LogP contribution in [0.3, 0.4) is 0 Å². The first kappa shape index (κ1) is 36.0. The van der Waals surface area contributed by atoms with Crippen LogP contribution < -0.4 is 4.72 Å². The molecule has 2 heterocycles. The zero-order valence-corrected chi connectivity index (χ0v) is 23.9. The Morgan fingerprint density at radius 1 is 0.854 bits per heavy atom. The Morgan fingerprint density at radius 2 is 1.49 bits per heavy atom. The minimum atomic E-state index is -5.44. The number of methoxy groups -OCH3 is 1. The molecule has 20 nitrogen and oxygen atoms in total. The summed E-state index contributed by atoms with van der Waals surface area (Å²) in [5, 5.41) is 31.0. The third kappa shape index (κ3) is 10.8. The van der Waals surface area contributed by atoms with Gasteiger partial charge in [-0.15, -0.1) is 0 Å². The van der Waals surface area contributed by atoms with Gasteiger partial charge in [0, 0.05) is 18.9 Å². The first-order valence-electron chi connectivity index (χ1n) is 11.7. The molecular formula is C18H30NO19S3-3. The van der Waals surface area contributed by atoms with Gasteiger partial charge in [0.05, 0.1) is 50.8 Å². The van der Waals surface area contributed by atoms with Gasteiger partial charge in [0.1, 0.15) is 18.3 Å². The van der Waals surface area contributed by atoms with Crippen molar-refractivity contribution in [3.05, 3.63) is 0 Å². The third-order valence-corrected chi connectivity index (χ3v) is 7.85. The van der Waals surface area contributed by atoms with Gasteiger partial charge in [-0.25, -0.2) is 34.8 Å². The number of rotatable bonds is 15. The van der Waals surface area contributed by atoms with Crippen molar-refractivity contribution < 1.29 is 86.3 Å². The lowest BCUT2D eigenvalue weighted by Gasteiger charge is -2.45. The Balaban J connectivity index is 2.31. The molecule has 2 rings (SSSR count). The van der Waals surface area contributed by atoms with Crippen LogP contribution >= 0.6 is 0 Å². The number of carboxylic acid groups (broad SMARTS) is 1. The third-order valence-electron chi connectivity index (χ3n) is 6.41. The second kappa shape index (κ2) is 14.5. The van der Waals surface area contributed by atoms with Gasteiger partial charge in [-0.3, -0.25) is 8.37 Å². The number of aliphatic hydroxyl groups excluding tert-OH is 2. The molecule has 0 aliphatic carbocycles. The molecule has 2 fully saturated rings. The van der Waals surface area contributed by atoms with E-state index in [0.29, 0.717) is 0 Å². The average Bonchev–Trinajstić information content (AvgIpc) is 2.81. The Hall–Kier alpha value is -1.16. The molecule has 0 radical (unpaired) electrons. The summed E-state index contributed by atoms with van der Waals surface area (Å²) in [6.45, 7) is -1.50. The van der Waals surface area contributed by atoms with Crippen molar-refractivity contribution >= 4 is 37.1 Å². The van der Waals surface area contributed by atoms with Crippen LogP contribution in [0.2, 0.25) is 0 Å². The molecule has 23 heteroatoms. The highest BCUT2D eigenvalue weighted by atomic mass is 32.3. The predicted octanol–water partition coefficient (Wildman–Crippen LogP) is -4.63. The van der Waals surface area contributed by atoms with Gasteiger partial charge >= 0.3 is 5.97 Å². The fraction of sp³-hybridized carbons (Fsp3) is 0.944. The number of carbonyl (C=O) groups is 1. The van der Waals surface area contributed by atoms with E-state index in [0.717, 1.165) is 7.11 Å². The van der Waals surface area contributed by atoms with E-state index in [1.165, 1.54) is 6.92 Å².